The molecule has 0 radical (unpaired) electrons. The molecule has 1 aliphatic heterocycles. The van der Waals surface area contributed by atoms with Gasteiger partial charge in [0.25, 0.3) is 5.91 Å². The molecule has 0 saturated carbocycles. The van der Waals surface area contributed by atoms with Crippen LogP contribution in [0.25, 0.3) is 0 Å². The molecule has 1 heterocycles. The number of hydrogen-bond acceptors (Lipinski definition) is 5. The summed E-state index contributed by atoms with van der Waals surface area (Å²) in [5.74, 6) is 0.663. The topological polar surface area (TPSA) is 82.0 Å². The first kappa shape index (κ1) is 15.6. The Morgan fingerprint density at radius 1 is 1.29 bits per heavy atom. The Balaban J connectivity index is 1.75. The van der Waals surface area contributed by atoms with Crippen LogP contribution in [0.3, 0.4) is 0 Å². The number of hydrogen-bond donors (Lipinski definition) is 3. The molecule has 1 unspecified atom stereocenters. The zero-order chi connectivity index (χ0) is 15.1. The average molecular weight is 294 g/mol. The smallest absolute Gasteiger partial charge is 0.260 e. The molecule has 1 amide bonds. The lowest BCUT2D eigenvalue weighted by molar-refractivity contribution is -0.132. The fourth-order valence-corrected chi connectivity index (χ4v) is 2.17. The van der Waals surface area contributed by atoms with E-state index in [4.69, 9.17) is 9.84 Å². The van der Waals surface area contributed by atoms with Gasteiger partial charge in [-0.2, -0.15) is 0 Å². The first-order valence-electron chi connectivity index (χ1n) is 7.22. The number of likely N-dealkylation sites (tertiary alicyclic amines) is 1. The lowest BCUT2D eigenvalue weighted by Crippen LogP contribution is -2.32. The molecule has 116 valence electrons. The maximum Gasteiger partial charge on any atom is 0.260 e. The van der Waals surface area contributed by atoms with Gasteiger partial charge in [-0.25, -0.2) is 0 Å². The van der Waals surface area contributed by atoms with E-state index < -0.39 is 6.10 Å². The number of nitrogens with one attached hydrogen (secondary N) is 1. The molecule has 1 aliphatic rings. The average Bonchev–Trinajstić information content (AvgIpc) is 3.05. The van der Waals surface area contributed by atoms with Crippen LogP contribution >= 0.6 is 0 Å². The Morgan fingerprint density at radius 3 is 2.57 bits per heavy atom. The third-order valence-electron chi connectivity index (χ3n) is 3.43. The van der Waals surface area contributed by atoms with Gasteiger partial charge in [0.15, 0.2) is 6.61 Å². The number of nitrogens with zero attached hydrogens (tertiary/aromatic N) is 1. The predicted molar refractivity (Wildman–Crippen MR) is 79.3 cm³/mol. The standard InChI is InChI=1S/C15H22N2O4/c18-10-13(19)9-16-12-3-5-14(6-4-12)21-11-15(20)17-7-1-2-8-17/h3-6,13,16,18-19H,1-2,7-11H2. The Morgan fingerprint density at radius 2 is 1.95 bits per heavy atom. The molecular formula is C15H22N2O4. The third kappa shape index (κ3) is 4.91. The largest absolute Gasteiger partial charge is 0.484 e. The monoisotopic (exact) mass is 294 g/mol. The van der Waals surface area contributed by atoms with Crippen molar-refractivity contribution in [1.82, 2.24) is 4.90 Å². The number of anilines is 1. The maximum atomic E-state index is 11.8. The lowest BCUT2D eigenvalue weighted by atomic mass is 10.3. The van der Waals surface area contributed by atoms with Gasteiger partial charge in [-0.1, -0.05) is 0 Å². The van der Waals surface area contributed by atoms with Crippen LogP contribution in [-0.4, -0.2) is 60.0 Å². The summed E-state index contributed by atoms with van der Waals surface area (Å²) in [5.41, 5.74) is 0.820. The van der Waals surface area contributed by atoms with Gasteiger partial charge < -0.3 is 25.2 Å². The quantitative estimate of drug-likeness (QED) is 0.680. The highest BCUT2D eigenvalue weighted by Crippen LogP contribution is 2.16. The fourth-order valence-electron chi connectivity index (χ4n) is 2.17. The SMILES string of the molecule is O=C(COc1ccc(NCC(O)CO)cc1)N1CCCC1. The van der Waals surface area contributed by atoms with E-state index in [-0.39, 0.29) is 25.7 Å². The Hall–Kier alpha value is -1.79. The van der Waals surface area contributed by atoms with E-state index in [2.05, 4.69) is 5.32 Å². The van der Waals surface area contributed by atoms with Crippen LogP contribution in [0.1, 0.15) is 12.8 Å². The Bertz CT molecular complexity index is 443. The number of aliphatic hydroxyl groups excluding tert-OH is 2. The summed E-state index contributed by atoms with van der Waals surface area (Å²) >= 11 is 0. The second kappa shape index (κ2) is 7.85. The Labute approximate surface area is 124 Å². The van der Waals surface area contributed by atoms with Gasteiger partial charge in [0, 0.05) is 25.3 Å². The van der Waals surface area contributed by atoms with Gasteiger partial charge in [-0.05, 0) is 37.1 Å². The van der Waals surface area contributed by atoms with Crippen molar-refractivity contribution in [3.63, 3.8) is 0 Å². The first-order chi connectivity index (χ1) is 10.2. The summed E-state index contributed by atoms with van der Waals surface area (Å²) in [6.45, 7) is 1.74. The highest BCUT2D eigenvalue weighted by atomic mass is 16.5. The van der Waals surface area contributed by atoms with Crippen molar-refractivity contribution in [2.45, 2.75) is 18.9 Å². The van der Waals surface area contributed by atoms with Crippen molar-refractivity contribution >= 4 is 11.6 Å². The van der Waals surface area contributed by atoms with Crippen molar-refractivity contribution in [2.24, 2.45) is 0 Å². The van der Waals surface area contributed by atoms with Crippen LogP contribution in [0.4, 0.5) is 5.69 Å². The van der Waals surface area contributed by atoms with Crippen LogP contribution in [0.15, 0.2) is 24.3 Å². The molecular weight excluding hydrogens is 272 g/mol. The van der Waals surface area contributed by atoms with Gasteiger partial charge in [-0.15, -0.1) is 0 Å². The molecule has 0 spiro atoms. The van der Waals surface area contributed by atoms with E-state index in [9.17, 15) is 9.90 Å². The van der Waals surface area contributed by atoms with Crippen molar-refractivity contribution in [3.05, 3.63) is 24.3 Å². The molecule has 1 aromatic carbocycles. The normalized spacial score (nSPS) is 15.8. The minimum atomic E-state index is -0.779. The highest BCUT2D eigenvalue weighted by molar-refractivity contribution is 5.78. The summed E-state index contributed by atoms with van der Waals surface area (Å²) < 4.78 is 5.47. The molecule has 0 aliphatic carbocycles. The molecule has 1 saturated heterocycles. The maximum absolute atomic E-state index is 11.8. The summed E-state index contributed by atoms with van der Waals surface area (Å²) in [6, 6.07) is 7.15. The van der Waals surface area contributed by atoms with Crippen molar-refractivity contribution in [1.29, 1.82) is 0 Å². The van der Waals surface area contributed by atoms with Crippen LogP contribution in [0.2, 0.25) is 0 Å². The summed E-state index contributed by atoms with van der Waals surface area (Å²) in [5, 5.41) is 21.0. The molecule has 1 atom stereocenters. The van der Waals surface area contributed by atoms with E-state index in [0.29, 0.717) is 5.75 Å². The van der Waals surface area contributed by atoms with Crippen LogP contribution in [-0.2, 0) is 4.79 Å². The molecule has 0 bridgehead atoms. The van der Waals surface area contributed by atoms with Crippen LogP contribution in [0, 0.1) is 0 Å². The number of carbonyl (C=O) groups excluding carboxylic acids is 1. The van der Waals surface area contributed by atoms with E-state index in [0.717, 1.165) is 31.6 Å². The minimum absolute atomic E-state index is 0.0285. The van der Waals surface area contributed by atoms with Crippen LogP contribution < -0.4 is 10.1 Å². The number of ether oxygens (including phenoxy) is 1. The fraction of sp³-hybridized carbons (Fsp3) is 0.533. The van der Waals surface area contributed by atoms with E-state index in [1.165, 1.54) is 0 Å². The predicted octanol–water partition coefficient (Wildman–Crippen LogP) is 0.453. The van der Waals surface area contributed by atoms with E-state index >= 15 is 0 Å². The number of carbonyl (C=O) groups is 1. The molecule has 1 aromatic rings. The molecule has 6 nitrogen and oxygen atoms in total. The minimum Gasteiger partial charge on any atom is -0.484 e. The van der Waals surface area contributed by atoms with Gasteiger partial charge >= 0.3 is 0 Å². The molecule has 1 fully saturated rings. The summed E-state index contributed by atoms with van der Waals surface area (Å²) in [6.07, 6.45) is 1.37. The van der Waals surface area contributed by atoms with E-state index in [1.807, 2.05) is 4.90 Å². The first-order valence-corrected chi connectivity index (χ1v) is 7.22. The Kier molecular flexibility index (Phi) is 5.83. The van der Waals surface area contributed by atoms with Gasteiger partial charge in [0.2, 0.25) is 0 Å². The second-order valence-corrected chi connectivity index (χ2v) is 5.12. The summed E-state index contributed by atoms with van der Waals surface area (Å²) in [4.78, 5) is 13.7. The molecule has 3 N–H and O–H groups in total. The van der Waals surface area contributed by atoms with Gasteiger partial charge in [-0.3, -0.25) is 4.79 Å². The molecule has 6 heteroatoms. The zero-order valence-corrected chi connectivity index (χ0v) is 12.0. The number of amides is 1. The number of aliphatic hydroxyl groups is 2. The lowest BCUT2D eigenvalue weighted by Gasteiger charge is -2.15. The van der Waals surface area contributed by atoms with Crippen molar-refractivity contribution in [2.75, 3.05) is 38.2 Å². The zero-order valence-electron chi connectivity index (χ0n) is 12.0. The second-order valence-electron chi connectivity index (χ2n) is 5.12. The third-order valence-corrected chi connectivity index (χ3v) is 3.43. The van der Waals surface area contributed by atoms with Crippen molar-refractivity contribution < 1.29 is 19.7 Å². The molecule has 21 heavy (non-hydrogen) atoms. The van der Waals surface area contributed by atoms with Crippen LogP contribution in [0.5, 0.6) is 5.75 Å². The van der Waals surface area contributed by atoms with E-state index in [1.54, 1.807) is 24.3 Å². The van der Waals surface area contributed by atoms with Gasteiger partial charge in [0.1, 0.15) is 5.75 Å². The number of rotatable bonds is 7. The van der Waals surface area contributed by atoms with Crippen molar-refractivity contribution in [3.8, 4) is 5.75 Å². The molecule has 2 rings (SSSR count). The molecule has 0 aromatic heterocycles. The summed E-state index contributed by atoms with van der Waals surface area (Å²) in [7, 11) is 0. The highest BCUT2D eigenvalue weighted by Gasteiger charge is 2.17. The van der Waals surface area contributed by atoms with Gasteiger partial charge in [0.05, 0.1) is 12.7 Å². The number of benzene rings is 1.